The minimum atomic E-state index is -0.766. The molecule has 0 fully saturated rings. The highest BCUT2D eigenvalue weighted by Crippen LogP contribution is 2.43. The molecule has 0 radical (unpaired) electrons. The third-order valence-electron chi connectivity index (χ3n) is 2.52. The second-order valence-corrected chi connectivity index (χ2v) is 7.59. The van der Waals surface area contributed by atoms with Gasteiger partial charge in [-0.3, -0.25) is 4.79 Å². The molecule has 2 N–H and O–H groups in total. The SMILES string of the molecule is CC(C)(CCC(=O)O)SSc1ncccc1CCO. The number of aliphatic carboxylic acids is 1. The van der Waals surface area contributed by atoms with E-state index in [1.165, 1.54) is 0 Å². The minimum absolute atomic E-state index is 0.103. The normalized spacial score (nSPS) is 11.5. The quantitative estimate of drug-likeness (QED) is 0.719. The molecule has 6 heteroatoms. The predicted octanol–water partition coefficient (Wildman–Crippen LogP) is 3.00. The summed E-state index contributed by atoms with van der Waals surface area (Å²) in [5.74, 6) is -0.766. The van der Waals surface area contributed by atoms with Gasteiger partial charge in [0.15, 0.2) is 0 Å². The van der Waals surface area contributed by atoms with Crippen molar-refractivity contribution in [2.45, 2.75) is 42.9 Å². The fraction of sp³-hybridized carbons (Fsp3) is 0.538. The number of carboxylic acid groups (broad SMARTS) is 1. The molecule has 0 spiro atoms. The molecule has 1 aromatic heterocycles. The monoisotopic (exact) mass is 301 g/mol. The van der Waals surface area contributed by atoms with Crippen molar-refractivity contribution >= 4 is 27.6 Å². The van der Waals surface area contributed by atoms with Gasteiger partial charge in [0, 0.05) is 24.0 Å². The lowest BCUT2D eigenvalue weighted by atomic mass is 10.1. The van der Waals surface area contributed by atoms with Crippen LogP contribution in [0.25, 0.3) is 0 Å². The summed E-state index contributed by atoms with van der Waals surface area (Å²) in [6.07, 6.45) is 3.11. The molecule has 0 aliphatic carbocycles. The third kappa shape index (κ3) is 6.31. The van der Waals surface area contributed by atoms with Gasteiger partial charge in [-0.05, 0) is 49.1 Å². The summed E-state index contributed by atoms with van der Waals surface area (Å²) in [7, 11) is 3.17. The Morgan fingerprint density at radius 1 is 1.47 bits per heavy atom. The summed E-state index contributed by atoms with van der Waals surface area (Å²) in [6, 6.07) is 3.81. The molecule has 106 valence electrons. The van der Waals surface area contributed by atoms with Crippen molar-refractivity contribution in [3.8, 4) is 0 Å². The van der Waals surface area contributed by atoms with E-state index < -0.39 is 5.97 Å². The molecule has 0 aromatic carbocycles. The Labute approximate surface area is 121 Å². The van der Waals surface area contributed by atoms with E-state index >= 15 is 0 Å². The van der Waals surface area contributed by atoms with E-state index in [4.69, 9.17) is 10.2 Å². The van der Waals surface area contributed by atoms with Crippen molar-refractivity contribution in [2.24, 2.45) is 0 Å². The first-order valence-corrected chi connectivity index (χ1v) is 8.22. The highest BCUT2D eigenvalue weighted by Gasteiger charge is 2.21. The van der Waals surface area contributed by atoms with Crippen LogP contribution < -0.4 is 0 Å². The molecule has 19 heavy (non-hydrogen) atoms. The van der Waals surface area contributed by atoms with Gasteiger partial charge in [-0.15, -0.1) is 0 Å². The molecule has 1 aromatic rings. The first-order chi connectivity index (χ1) is 8.94. The van der Waals surface area contributed by atoms with Gasteiger partial charge >= 0.3 is 5.97 Å². The Morgan fingerprint density at radius 2 is 2.21 bits per heavy atom. The van der Waals surface area contributed by atoms with Gasteiger partial charge in [-0.2, -0.15) is 0 Å². The van der Waals surface area contributed by atoms with Gasteiger partial charge in [-0.1, -0.05) is 16.9 Å². The maximum absolute atomic E-state index is 10.6. The number of carbonyl (C=O) groups is 1. The summed E-state index contributed by atoms with van der Waals surface area (Å²) >= 11 is 0. The lowest BCUT2D eigenvalue weighted by Crippen LogP contribution is -2.15. The molecule has 4 nitrogen and oxygen atoms in total. The van der Waals surface area contributed by atoms with Crippen LogP contribution in [0.5, 0.6) is 0 Å². The van der Waals surface area contributed by atoms with Crippen LogP contribution in [0, 0.1) is 0 Å². The first-order valence-electron chi connectivity index (χ1n) is 6.07. The second-order valence-electron chi connectivity index (χ2n) is 4.76. The lowest BCUT2D eigenvalue weighted by Gasteiger charge is -2.22. The fourth-order valence-electron chi connectivity index (χ4n) is 1.41. The molecular formula is C13H19NO3S2. The van der Waals surface area contributed by atoms with Crippen LogP contribution in [0.3, 0.4) is 0 Å². The van der Waals surface area contributed by atoms with Crippen LogP contribution in [0.1, 0.15) is 32.3 Å². The molecule has 0 aliphatic heterocycles. The molecule has 0 saturated heterocycles. The van der Waals surface area contributed by atoms with Crippen LogP contribution in [-0.4, -0.2) is 32.5 Å². The number of nitrogens with zero attached hydrogens (tertiary/aromatic N) is 1. The smallest absolute Gasteiger partial charge is 0.303 e. The fourth-order valence-corrected chi connectivity index (χ4v) is 3.90. The number of hydrogen-bond donors (Lipinski definition) is 2. The second kappa shape index (κ2) is 7.77. The van der Waals surface area contributed by atoms with Gasteiger partial charge in [-0.25, -0.2) is 4.98 Å². The van der Waals surface area contributed by atoms with Gasteiger partial charge < -0.3 is 10.2 Å². The van der Waals surface area contributed by atoms with E-state index in [9.17, 15) is 4.79 Å². The van der Waals surface area contributed by atoms with E-state index in [0.29, 0.717) is 12.8 Å². The van der Waals surface area contributed by atoms with Gasteiger partial charge in [0.25, 0.3) is 0 Å². The molecule has 0 aliphatic rings. The molecule has 0 unspecified atom stereocenters. The van der Waals surface area contributed by atoms with Crippen LogP contribution in [0.4, 0.5) is 0 Å². The molecule has 0 saturated carbocycles. The maximum atomic E-state index is 10.6. The minimum Gasteiger partial charge on any atom is -0.481 e. The number of aliphatic hydroxyl groups is 1. The van der Waals surface area contributed by atoms with Crippen LogP contribution in [-0.2, 0) is 11.2 Å². The average Bonchev–Trinajstić information content (AvgIpc) is 2.36. The molecular weight excluding hydrogens is 282 g/mol. The third-order valence-corrected chi connectivity index (χ3v) is 5.86. The topological polar surface area (TPSA) is 70.4 Å². The number of carboxylic acids is 1. The first kappa shape index (κ1) is 16.3. The van der Waals surface area contributed by atoms with Crippen molar-refractivity contribution in [2.75, 3.05) is 6.61 Å². The lowest BCUT2D eigenvalue weighted by molar-refractivity contribution is -0.137. The van der Waals surface area contributed by atoms with E-state index in [-0.39, 0.29) is 17.8 Å². The number of rotatable bonds is 8. The number of aromatic nitrogens is 1. The molecule has 1 rings (SSSR count). The molecule has 1 heterocycles. The zero-order valence-corrected chi connectivity index (χ0v) is 12.8. The average molecular weight is 301 g/mol. The van der Waals surface area contributed by atoms with Crippen molar-refractivity contribution in [1.82, 2.24) is 4.98 Å². The van der Waals surface area contributed by atoms with Crippen molar-refractivity contribution in [3.05, 3.63) is 23.9 Å². The summed E-state index contributed by atoms with van der Waals surface area (Å²) < 4.78 is -0.128. The van der Waals surface area contributed by atoms with Gasteiger partial charge in [0.05, 0.1) is 0 Å². The van der Waals surface area contributed by atoms with E-state index in [1.807, 2.05) is 26.0 Å². The zero-order valence-electron chi connectivity index (χ0n) is 11.1. The Balaban J connectivity index is 2.57. The largest absolute Gasteiger partial charge is 0.481 e. The van der Waals surface area contributed by atoms with E-state index in [1.54, 1.807) is 27.8 Å². The molecule has 0 amide bonds. The van der Waals surface area contributed by atoms with E-state index in [2.05, 4.69) is 4.98 Å². The molecule has 0 atom stereocenters. The number of aliphatic hydroxyl groups excluding tert-OH is 1. The van der Waals surface area contributed by atoms with Gasteiger partial charge in [0.1, 0.15) is 5.03 Å². The van der Waals surface area contributed by atoms with Crippen molar-refractivity contribution < 1.29 is 15.0 Å². The van der Waals surface area contributed by atoms with E-state index in [0.717, 1.165) is 10.6 Å². The van der Waals surface area contributed by atoms with Crippen LogP contribution in [0.15, 0.2) is 23.4 Å². The Morgan fingerprint density at radius 3 is 2.84 bits per heavy atom. The standard InChI is InChI=1S/C13H19NO3S2/c1-13(2,7-5-11(16)17)19-18-12-10(6-9-15)4-3-8-14-12/h3-4,8,15H,5-7,9H2,1-2H3,(H,16,17). The highest BCUT2D eigenvalue weighted by molar-refractivity contribution is 8.77. The van der Waals surface area contributed by atoms with Crippen molar-refractivity contribution in [3.63, 3.8) is 0 Å². The van der Waals surface area contributed by atoms with Crippen LogP contribution in [0.2, 0.25) is 0 Å². The Hall–Kier alpha value is -0.720. The maximum Gasteiger partial charge on any atom is 0.303 e. The summed E-state index contributed by atoms with van der Waals surface area (Å²) in [6.45, 7) is 4.16. The predicted molar refractivity (Wildman–Crippen MR) is 79.4 cm³/mol. The zero-order chi connectivity index (χ0) is 14.3. The summed E-state index contributed by atoms with van der Waals surface area (Å²) in [5, 5.41) is 18.6. The summed E-state index contributed by atoms with van der Waals surface area (Å²) in [4.78, 5) is 14.9. The highest BCUT2D eigenvalue weighted by atomic mass is 33.1. The Bertz CT molecular complexity index is 424. The number of pyridine rings is 1. The van der Waals surface area contributed by atoms with Crippen molar-refractivity contribution in [1.29, 1.82) is 0 Å². The van der Waals surface area contributed by atoms with Gasteiger partial charge in [0.2, 0.25) is 0 Å². The summed E-state index contributed by atoms with van der Waals surface area (Å²) in [5.41, 5.74) is 1.02. The Kier molecular flexibility index (Phi) is 6.68. The number of hydrogen-bond acceptors (Lipinski definition) is 5. The van der Waals surface area contributed by atoms with Crippen LogP contribution >= 0.6 is 21.6 Å². The molecule has 0 bridgehead atoms.